The molecule has 0 aliphatic rings. The largest absolute Gasteiger partial charge is 0.497 e. The third kappa shape index (κ3) is 3.53. The van der Waals surface area contributed by atoms with Crippen LogP contribution in [0.2, 0.25) is 0 Å². The minimum absolute atomic E-state index is 0.137. The van der Waals surface area contributed by atoms with Crippen molar-refractivity contribution in [1.82, 2.24) is 0 Å². The minimum atomic E-state index is 0.137. The van der Waals surface area contributed by atoms with Crippen molar-refractivity contribution < 1.29 is 4.74 Å². The Bertz CT molecular complexity index is 570. The zero-order valence-electron chi connectivity index (χ0n) is 12.7. The van der Waals surface area contributed by atoms with Gasteiger partial charge in [-0.15, -0.1) is 0 Å². The van der Waals surface area contributed by atoms with Crippen LogP contribution in [0.5, 0.6) is 5.75 Å². The number of methoxy groups -OCH3 is 1. The predicted octanol–water partition coefficient (Wildman–Crippen LogP) is 4.60. The predicted molar refractivity (Wildman–Crippen MR) is 85.5 cm³/mol. The summed E-state index contributed by atoms with van der Waals surface area (Å²) >= 11 is 0. The Labute approximate surface area is 121 Å². The van der Waals surface area contributed by atoms with Crippen LogP contribution in [0.1, 0.15) is 31.9 Å². The first-order valence-corrected chi connectivity index (χ1v) is 6.97. The van der Waals surface area contributed by atoms with Crippen molar-refractivity contribution in [3.05, 3.63) is 59.7 Å². The molecule has 2 aromatic rings. The molecule has 0 spiro atoms. The summed E-state index contributed by atoms with van der Waals surface area (Å²) in [5.74, 6) is 0.897. The van der Waals surface area contributed by atoms with Gasteiger partial charge < -0.3 is 10.1 Å². The van der Waals surface area contributed by atoms with Gasteiger partial charge in [-0.1, -0.05) is 51.1 Å². The lowest BCUT2D eigenvalue weighted by Crippen LogP contribution is -2.14. The van der Waals surface area contributed by atoms with Crippen LogP contribution in [-0.4, -0.2) is 7.11 Å². The summed E-state index contributed by atoms with van der Waals surface area (Å²) in [5.41, 5.74) is 3.89. The zero-order valence-corrected chi connectivity index (χ0v) is 12.7. The Morgan fingerprint density at radius 1 is 1.00 bits per heavy atom. The van der Waals surface area contributed by atoms with E-state index < -0.39 is 0 Å². The summed E-state index contributed by atoms with van der Waals surface area (Å²) in [6, 6.07) is 16.6. The molecule has 0 saturated carbocycles. The van der Waals surface area contributed by atoms with Crippen LogP contribution in [0.15, 0.2) is 48.5 Å². The second kappa shape index (κ2) is 6.00. The first kappa shape index (κ1) is 14.4. The average Bonchev–Trinajstić information content (AvgIpc) is 2.44. The van der Waals surface area contributed by atoms with Crippen LogP contribution in [-0.2, 0) is 12.0 Å². The standard InChI is InChI=1S/C18H23NO/c1-18(2,3)16-10-5-6-11-17(16)19-13-14-8-7-9-15(12-14)20-4/h5-12,19H,13H2,1-4H3. The number of hydrogen-bond donors (Lipinski definition) is 1. The van der Waals surface area contributed by atoms with Crippen molar-refractivity contribution in [1.29, 1.82) is 0 Å². The van der Waals surface area contributed by atoms with E-state index in [2.05, 4.69) is 62.5 Å². The SMILES string of the molecule is COc1cccc(CNc2ccccc2C(C)(C)C)c1. The Balaban J connectivity index is 2.15. The molecule has 1 N–H and O–H groups in total. The summed E-state index contributed by atoms with van der Waals surface area (Å²) in [5, 5.41) is 3.53. The molecule has 2 rings (SSSR count). The molecule has 0 amide bonds. The van der Waals surface area contributed by atoms with Crippen molar-refractivity contribution in [2.75, 3.05) is 12.4 Å². The molecule has 20 heavy (non-hydrogen) atoms. The van der Waals surface area contributed by atoms with E-state index in [4.69, 9.17) is 4.74 Å². The first-order valence-electron chi connectivity index (χ1n) is 6.97. The molecular formula is C18H23NO. The van der Waals surface area contributed by atoms with Gasteiger partial charge in [-0.2, -0.15) is 0 Å². The maximum atomic E-state index is 5.26. The number of benzene rings is 2. The molecule has 0 atom stereocenters. The second-order valence-corrected chi connectivity index (χ2v) is 6.00. The van der Waals surface area contributed by atoms with Crippen molar-refractivity contribution in [2.24, 2.45) is 0 Å². The highest BCUT2D eigenvalue weighted by Gasteiger charge is 2.17. The molecule has 0 aliphatic carbocycles. The normalized spacial score (nSPS) is 11.2. The van der Waals surface area contributed by atoms with E-state index in [1.807, 2.05) is 12.1 Å². The average molecular weight is 269 g/mol. The van der Waals surface area contributed by atoms with E-state index in [0.29, 0.717) is 0 Å². The molecular weight excluding hydrogens is 246 g/mol. The molecule has 0 saturated heterocycles. The fourth-order valence-electron chi connectivity index (χ4n) is 2.27. The van der Waals surface area contributed by atoms with Crippen molar-refractivity contribution in [3.63, 3.8) is 0 Å². The third-order valence-electron chi connectivity index (χ3n) is 3.35. The van der Waals surface area contributed by atoms with Gasteiger partial charge in [0.05, 0.1) is 7.11 Å². The van der Waals surface area contributed by atoms with Crippen LogP contribution in [0, 0.1) is 0 Å². The lowest BCUT2D eigenvalue weighted by molar-refractivity contribution is 0.414. The quantitative estimate of drug-likeness (QED) is 0.875. The van der Waals surface area contributed by atoms with Gasteiger partial charge >= 0.3 is 0 Å². The van der Waals surface area contributed by atoms with Crippen LogP contribution < -0.4 is 10.1 Å². The van der Waals surface area contributed by atoms with Crippen molar-refractivity contribution in [2.45, 2.75) is 32.7 Å². The van der Waals surface area contributed by atoms with E-state index in [-0.39, 0.29) is 5.41 Å². The zero-order chi connectivity index (χ0) is 14.6. The summed E-state index contributed by atoms with van der Waals surface area (Å²) in [7, 11) is 1.70. The minimum Gasteiger partial charge on any atom is -0.497 e. The van der Waals surface area contributed by atoms with E-state index in [9.17, 15) is 0 Å². The number of hydrogen-bond acceptors (Lipinski definition) is 2. The van der Waals surface area contributed by atoms with E-state index in [1.54, 1.807) is 7.11 Å². The molecule has 0 radical (unpaired) electrons. The molecule has 0 aromatic heterocycles. The lowest BCUT2D eigenvalue weighted by atomic mass is 9.86. The lowest BCUT2D eigenvalue weighted by Gasteiger charge is -2.23. The molecule has 0 bridgehead atoms. The van der Waals surface area contributed by atoms with Crippen LogP contribution in [0.25, 0.3) is 0 Å². The van der Waals surface area contributed by atoms with Gasteiger partial charge in [0, 0.05) is 12.2 Å². The van der Waals surface area contributed by atoms with Gasteiger partial charge in [-0.05, 0) is 34.7 Å². The van der Waals surface area contributed by atoms with Gasteiger partial charge in [-0.25, -0.2) is 0 Å². The van der Waals surface area contributed by atoms with Gasteiger partial charge in [0.1, 0.15) is 5.75 Å². The highest BCUT2D eigenvalue weighted by molar-refractivity contribution is 5.54. The maximum absolute atomic E-state index is 5.26. The van der Waals surface area contributed by atoms with Crippen LogP contribution >= 0.6 is 0 Å². The molecule has 0 heterocycles. The Morgan fingerprint density at radius 3 is 2.45 bits per heavy atom. The van der Waals surface area contributed by atoms with E-state index in [0.717, 1.165) is 12.3 Å². The highest BCUT2D eigenvalue weighted by Crippen LogP contribution is 2.29. The van der Waals surface area contributed by atoms with E-state index >= 15 is 0 Å². The second-order valence-electron chi connectivity index (χ2n) is 6.00. The number of nitrogens with one attached hydrogen (secondary N) is 1. The van der Waals surface area contributed by atoms with Crippen molar-refractivity contribution >= 4 is 5.69 Å². The fourth-order valence-corrected chi connectivity index (χ4v) is 2.27. The van der Waals surface area contributed by atoms with Gasteiger partial charge in [0.25, 0.3) is 0 Å². The van der Waals surface area contributed by atoms with Gasteiger partial charge in [0.2, 0.25) is 0 Å². The fraction of sp³-hybridized carbons (Fsp3) is 0.333. The van der Waals surface area contributed by atoms with Crippen molar-refractivity contribution in [3.8, 4) is 5.75 Å². The topological polar surface area (TPSA) is 21.3 Å². The maximum Gasteiger partial charge on any atom is 0.119 e. The number of para-hydroxylation sites is 1. The third-order valence-corrected chi connectivity index (χ3v) is 3.35. The van der Waals surface area contributed by atoms with Crippen LogP contribution in [0.4, 0.5) is 5.69 Å². The molecule has 0 fully saturated rings. The molecule has 2 aromatic carbocycles. The molecule has 2 heteroatoms. The first-order chi connectivity index (χ1) is 9.50. The molecule has 0 aliphatic heterocycles. The summed E-state index contributed by atoms with van der Waals surface area (Å²) < 4.78 is 5.26. The molecule has 106 valence electrons. The molecule has 2 nitrogen and oxygen atoms in total. The number of ether oxygens (including phenoxy) is 1. The van der Waals surface area contributed by atoms with E-state index in [1.165, 1.54) is 16.8 Å². The summed E-state index contributed by atoms with van der Waals surface area (Å²) in [6.07, 6.45) is 0. The number of rotatable bonds is 4. The Kier molecular flexibility index (Phi) is 4.33. The number of anilines is 1. The summed E-state index contributed by atoms with van der Waals surface area (Å²) in [4.78, 5) is 0. The Morgan fingerprint density at radius 2 is 1.75 bits per heavy atom. The monoisotopic (exact) mass is 269 g/mol. The van der Waals surface area contributed by atoms with Crippen LogP contribution in [0.3, 0.4) is 0 Å². The highest BCUT2D eigenvalue weighted by atomic mass is 16.5. The smallest absolute Gasteiger partial charge is 0.119 e. The van der Waals surface area contributed by atoms with Gasteiger partial charge in [-0.3, -0.25) is 0 Å². The Hall–Kier alpha value is -1.96. The molecule has 0 unspecified atom stereocenters. The van der Waals surface area contributed by atoms with Gasteiger partial charge in [0.15, 0.2) is 0 Å². The summed E-state index contributed by atoms with van der Waals surface area (Å²) in [6.45, 7) is 7.50.